The zero-order valence-corrected chi connectivity index (χ0v) is 15.2. The average Bonchev–Trinajstić information content (AvgIpc) is 3.12. The molecule has 1 atom stereocenters. The van der Waals surface area contributed by atoms with Crippen molar-refractivity contribution in [2.24, 2.45) is 0 Å². The Kier molecular flexibility index (Phi) is 7.90. The second kappa shape index (κ2) is 10.2. The van der Waals surface area contributed by atoms with Crippen LogP contribution in [0.2, 0.25) is 5.02 Å². The molecule has 25 heavy (non-hydrogen) atoms. The third-order valence-corrected chi connectivity index (χ3v) is 4.07. The number of hydrogen-bond acceptors (Lipinski definition) is 4. The summed E-state index contributed by atoms with van der Waals surface area (Å²) in [5.41, 5.74) is 5.59. The van der Waals surface area contributed by atoms with Crippen LogP contribution in [-0.2, 0) is 9.53 Å². The molecule has 0 bridgehead atoms. The molecule has 1 aromatic carbocycles. The molecule has 7 nitrogen and oxygen atoms in total. The van der Waals surface area contributed by atoms with Crippen LogP contribution in [-0.4, -0.2) is 42.7 Å². The Morgan fingerprint density at radius 3 is 2.64 bits per heavy atom. The number of hydrogen-bond donors (Lipinski definition) is 4. The Hall–Kier alpha value is -1.90. The van der Waals surface area contributed by atoms with Gasteiger partial charge in [0.15, 0.2) is 5.11 Å². The van der Waals surface area contributed by atoms with E-state index in [0.29, 0.717) is 22.2 Å². The lowest BCUT2D eigenvalue weighted by Gasteiger charge is -2.14. The molecule has 2 rings (SSSR count). The van der Waals surface area contributed by atoms with Crippen LogP contribution in [0.4, 0.5) is 0 Å². The maximum Gasteiger partial charge on any atom is 0.251 e. The van der Waals surface area contributed by atoms with Gasteiger partial charge in [0.1, 0.15) is 0 Å². The Morgan fingerprint density at radius 2 is 1.96 bits per heavy atom. The number of rotatable bonds is 6. The predicted octanol–water partition coefficient (Wildman–Crippen LogP) is 1.13. The van der Waals surface area contributed by atoms with Gasteiger partial charge in [0.05, 0.1) is 6.10 Å². The summed E-state index contributed by atoms with van der Waals surface area (Å²) in [6.07, 6.45) is 2.36. The highest BCUT2D eigenvalue weighted by molar-refractivity contribution is 7.80. The van der Waals surface area contributed by atoms with Crippen LogP contribution in [0.1, 0.15) is 29.6 Å². The van der Waals surface area contributed by atoms with Crippen LogP contribution < -0.4 is 21.5 Å². The fraction of sp³-hybridized carbons (Fsp3) is 0.438. The van der Waals surface area contributed by atoms with Crippen molar-refractivity contribution in [1.82, 2.24) is 21.5 Å². The molecule has 0 saturated carbocycles. The van der Waals surface area contributed by atoms with Crippen molar-refractivity contribution in [3.63, 3.8) is 0 Å². The molecule has 2 amide bonds. The second-order valence-corrected chi connectivity index (χ2v) is 6.38. The third kappa shape index (κ3) is 7.25. The van der Waals surface area contributed by atoms with E-state index in [0.717, 1.165) is 19.4 Å². The van der Waals surface area contributed by atoms with Crippen LogP contribution in [0.15, 0.2) is 24.3 Å². The molecule has 9 heteroatoms. The first-order chi connectivity index (χ1) is 12.0. The van der Waals surface area contributed by atoms with E-state index in [4.69, 9.17) is 28.6 Å². The van der Waals surface area contributed by atoms with Crippen LogP contribution in [0, 0.1) is 0 Å². The van der Waals surface area contributed by atoms with E-state index in [2.05, 4.69) is 21.5 Å². The van der Waals surface area contributed by atoms with Crippen molar-refractivity contribution in [3.05, 3.63) is 34.9 Å². The molecule has 136 valence electrons. The van der Waals surface area contributed by atoms with Crippen molar-refractivity contribution in [2.45, 2.75) is 25.4 Å². The van der Waals surface area contributed by atoms with Crippen LogP contribution >= 0.6 is 23.8 Å². The van der Waals surface area contributed by atoms with E-state index < -0.39 is 0 Å². The SMILES string of the molecule is O=C(CCNC(=O)c1ccc(Cl)cc1)NNC(=S)NCC1CCCO1. The number of thiocarbonyl (C=S) groups is 1. The largest absolute Gasteiger partial charge is 0.376 e. The molecule has 0 radical (unpaired) electrons. The summed E-state index contributed by atoms with van der Waals surface area (Å²) < 4.78 is 5.46. The molecule has 0 aromatic heterocycles. The Morgan fingerprint density at radius 1 is 1.20 bits per heavy atom. The molecule has 1 unspecified atom stereocenters. The van der Waals surface area contributed by atoms with Crippen LogP contribution in [0.5, 0.6) is 0 Å². The Balaban J connectivity index is 1.56. The molecule has 0 spiro atoms. The summed E-state index contributed by atoms with van der Waals surface area (Å²) in [6, 6.07) is 6.52. The lowest BCUT2D eigenvalue weighted by Crippen LogP contribution is -2.48. The molecule has 1 heterocycles. The zero-order valence-electron chi connectivity index (χ0n) is 13.6. The van der Waals surface area contributed by atoms with Crippen molar-refractivity contribution >= 4 is 40.7 Å². The van der Waals surface area contributed by atoms with Gasteiger partial charge in [0.25, 0.3) is 5.91 Å². The molecule has 1 aliphatic rings. The first kappa shape index (κ1) is 19.4. The van der Waals surface area contributed by atoms with Gasteiger partial charge in [-0.1, -0.05) is 11.6 Å². The van der Waals surface area contributed by atoms with Crippen molar-refractivity contribution in [3.8, 4) is 0 Å². The van der Waals surface area contributed by atoms with E-state index in [-0.39, 0.29) is 30.9 Å². The van der Waals surface area contributed by atoms with Gasteiger partial charge in [-0.3, -0.25) is 20.4 Å². The van der Waals surface area contributed by atoms with E-state index in [1.807, 2.05) is 0 Å². The summed E-state index contributed by atoms with van der Waals surface area (Å²) in [7, 11) is 0. The normalized spacial score (nSPS) is 16.1. The maximum atomic E-state index is 11.9. The predicted molar refractivity (Wildman–Crippen MR) is 99.3 cm³/mol. The lowest BCUT2D eigenvalue weighted by molar-refractivity contribution is -0.121. The van der Waals surface area contributed by atoms with Crippen LogP contribution in [0.3, 0.4) is 0 Å². The number of halogens is 1. The standard InChI is InChI=1S/C16H21ClN4O3S/c17-12-5-3-11(4-6-12)15(23)18-8-7-14(22)20-21-16(25)19-10-13-2-1-9-24-13/h3-6,13H,1-2,7-10H2,(H,18,23)(H,20,22)(H2,19,21,25). The minimum Gasteiger partial charge on any atom is -0.376 e. The summed E-state index contributed by atoms with van der Waals surface area (Å²) in [4.78, 5) is 23.6. The number of hydrazine groups is 1. The molecular weight excluding hydrogens is 364 g/mol. The smallest absolute Gasteiger partial charge is 0.251 e. The number of ether oxygens (including phenoxy) is 1. The number of carbonyl (C=O) groups excluding carboxylic acids is 2. The number of benzene rings is 1. The van der Waals surface area contributed by atoms with Gasteiger partial charge < -0.3 is 15.4 Å². The summed E-state index contributed by atoms with van der Waals surface area (Å²) in [5.74, 6) is -0.538. The fourth-order valence-corrected chi connectivity index (χ4v) is 2.50. The molecule has 1 aromatic rings. The topological polar surface area (TPSA) is 91.5 Å². The number of carbonyl (C=O) groups is 2. The highest BCUT2D eigenvalue weighted by atomic mass is 35.5. The van der Waals surface area contributed by atoms with Gasteiger partial charge in [-0.15, -0.1) is 0 Å². The number of amides is 2. The molecule has 1 fully saturated rings. The molecule has 1 saturated heterocycles. The minimum absolute atomic E-state index is 0.126. The number of nitrogens with one attached hydrogen (secondary N) is 4. The van der Waals surface area contributed by atoms with E-state index in [9.17, 15) is 9.59 Å². The molecule has 1 aliphatic heterocycles. The van der Waals surface area contributed by atoms with Gasteiger partial charge in [-0.25, -0.2) is 0 Å². The molecular formula is C16H21ClN4O3S. The van der Waals surface area contributed by atoms with E-state index >= 15 is 0 Å². The highest BCUT2D eigenvalue weighted by Crippen LogP contribution is 2.10. The van der Waals surface area contributed by atoms with Crippen molar-refractivity contribution in [1.29, 1.82) is 0 Å². The second-order valence-electron chi connectivity index (χ2n) is 5.53. The van der Waals surface area contributed by atoms with Gasteiger partial charge in [-0.2, -0.15) is 0 Å². The summed E-state index contributed by atoms with van der Waals surface area (Å²) >= 11 is 10.8. The first-order valence-electron chi connectivity index (χ1n) is 8.02. The van der Waals surface area contributed by atoms with Crippen molar-refractivity contribution in [2.75, 3.05) is 19.7 Å². The highest BCUT2D eigenvalue weighted by Gasteiger charge is 2.15. The summed E-state index contributed by atoms with van der Waals surface area (Å²) in [5, 5.41) is 6.53. The molecule has 0 aliphatic carbocycles. The van der Waals surface area contributed by atoms with Gasteiger partial charge in [-0.05, 0) is 49.3 Å². The lowest BCUT2D eigenvalue weighted by atomic mass is 10.2. The van der Waals surface area contributed by atoms with Gasteiger partial charge in [0.2, 0.25) is 5.91 Å². The Bertz CT molecular complexity index is 606. The third-order valence-electron chi connectivity index (χ3n) is 3.57. The first-order valence-corrected chi connectivity index (χ1v) is 8.81. The maximum absolute atomic E-state index is 11.9. The van der Waals surface area contributed by atoms with E-state index in [1.165, 1.54) is 0 Å². The van der Waals surface area contributed by atoms with Crippen molar-refractivity contribution < 1.29 is 14.3 Å². The fourth-order valence-electron chi connectivity index (χ4n) is 2.24. The van der Waals surface area contributed by atoms with Crippen LogP contribution in [0.25, 0.3) is 0 Å². The molecule has 4 N–H and O–H groups in total. The quantitative estimate of drug-likeness (QED) is 0.434. The monoisotopic (exact) mass is 384 g/mol. The average molecular weight is 385 g/mol. The Labute approximate surface area is 156 Å². The minimum atomic E-state index is -0.280. The summed E-state index contributed by atoms with van der Waals surface area (Å²) in [6.45, 7) is 1.61. The zero-order chi connectivity index (χ0) is 18.1. The van der Waals surface area contributed by atoms with E-state index in [1.54, 1.807) is 24.3 Å². The van der Waals surface area contributed by atoms with Gasteiger partial charge >= 0.3 is 0 Å². The van der Waals surface area contributed by atoms with Gasteiger partial charge in [0, 0.05) is 36.7 Å².